The zero-order valence-electron chi connectivity index (χ0n) is 11.4. The number of methoxy groups -OCH3 is 1. The van der Waals surface area contributed by atoms with Gasteiger partial charge in [-0.15, -0.1) is 0 Å². The fourth-order valence-corrected chi connectivity index (χ4v) is 2.93. The molecule has 0 saturated carbocycles. The van der Waals surface area contributed by atoms with Gasteiger partial charge in [-0.25, -0.2) is 0 Å². The van der Waals surface area contributed by atoms with Crippen LogP contribution < -0.4 is 5.32 Å². The maximum Gasteiger partial charge on any atom is 0.306 e. The molecule has 21 heavy (non-hydrogen) atoms. The predicted molar refractivity (Wildman–Crippen MR) is 75.3 cm³/mol. The first-order valence-electron chi connectivity index (χ1n) is 6.62. The molecule has 0 radical (unpaired) electrons. The van der Waals surface area contributed by atoms with Crippen molar-refractivity contribution in [2.24, 2.45) is 0 Å². The summed E-state index contributed by atoms with van der Waals surface area (Å²) in [7, 11) is 1.29. The molecular weight excluding hydrogens is 294 g/mol. The second-order valence-corrected chi connectivity index (χ2v) is 5.32. The van der Waals surface area contributed by atoms with E-state index in [-0.39, 0.29) is 31.0 Å². The molecule has 1 aromatic rings. The number of ether oxygens (including phenoxy) is 2. The van der Waals surface area contributed by atoms with Gasteiger partial charge in [-0.1, -0.05) is 35.9 Å². The van der Waals surface area contributed by atoms with Gasteiger partial charge in [-0.05, 0) is 11.1 Å². The monoisotopic (exact) mass is 307 g/mol. The Bertz CT molecular complexity index is 640. The number of esters is 1. The van der Waals surface area contributed by atoms with Crippen molar-refractivity contribution in [3.8, 4) is 0 Å². The van der Waals surface area contributed by atoms with Gasteiger partial charge in [0.25, 0.3) is 0 Å². The quantitative estimate of drug-likeness (QED) is 0.867. The topological polar surface area (TPSA) is 64.6 Å². The number of hydrogen-bond acceptors (Lipinski definition) is 4. The van der Waals surface area contributed by atoms with Gasteiger partial charge in [0, 0.05) is 6.42 Å². The average molecular weight is 308 g/mol. The maximum absolute atomic E-state index is 11.9. The SMILES string of the molecule is COC(=O)CCC(=O)NC1=C(Cl)C2OC1c1ccccc12. The molecule has 1 aromatic carbocycles. The molecule has 3 rings (SSSR count). The lowest BCUT2D eigenvalue weighted by atomic mass is 9.94. The fraction of sp³-hybridized carbons (Fsp3) is 0.333. The van der Waals surface area contributed by atoms with E-state index in [1.54, 1.807) is 0 Å². The molecule has 5 nitrogen and oxygen atoms in total. The minimum Gasteiger partial charge on any atom is -0.469 e. The van der Waals surface area contributed by atoms with E-state index in [9.17, 15) is 9.59 Å². The van der Waals surface area contributed by atoms with Crippen molar-refractivity contribution in [1.29, 1.82) is 0 Å². The van der Waals surface area contributed by atoms with Crippen LogP contribution in [0.15, 0.2) is 35.0 Å². The van der Waals surface area contributed by atoms with Gasteiger partial charge in [0.15, 0.2) is 0 Å². The van der Waals surface area contributed by atoms with Crippen molar-refractivity contribution in [3.63, 3.8) is 0 Å². The largest absolute Gasteiger partial charge is 0.469 e. The van der Waals surface area contributed by atoms with Crippen LogP contribution in [-0.2, 0) is 19.1 Å². The Hall–Kier alpha value is -1.85. The molecule has 0 aliphatic carbocycles. The van der Waals surface area contributed by atoms with E-state index in [1.165, 1.54) is 7.11 Å². The average Bonchev–Trinajstić information content (AvgIpc) is 3.02. The molecule has 2 aliphatic heterocycles. The van der Waals surface area contributed by atoms with Gasteiger partial charge < -0.3 is 14.8 Å². The number of rotatable bonds is 4. The Kier molecular flexibility index (Phi) is 3.69. The van der Waals surface area contributed by atoms with Crippen molar-refractivity contribution < 1.29 is 19.1 Å². The van der Waals surface area contributed by atoms with Gasteiger partial charge in [-0.3, -0.25) is 9.59 Å². The van der Waals surface area contributed by atoms with Crippen LogP contribution in [0.3, 0.4) is 0 Å². The van der Waals surface area contributed by atoms with Gasteiger partial charge in [0.2, 0.25) is 5.91 Å². The van der Waals surface area contributed by atoms with Crippen molar-refractivity contribution in [1.82, 2.24) is 5.32 Å². The highest BCUT2D eigenvalue weighted by Crippen LogP contribution is 2.54. The summed E-state index contributed by atoms with van der Waals surface area (Å²) in [4.78, 5) is 22.9. The molecular formula is C15H14ClNO4. The number of nitrogens with one attached hydrogen (secondary N) is 1. The van der Waals surface area contributed by atoms with Gasteiger partial charge >= 0.3 is 5.97 Å². The lowest BCUT2D eigenvalue weighted by Crippen LogP contribution is -2.26. The zero-order chi connectivity index (χ0) is 15.0. The lowest BCUT2D eigenvalue weighted by Gasteiger charge is -2.17. The van der Waals surface area contributed by atoms with Crippen LogP contribution in [0.4, 0.5) is 0 Å². The molecule has 110 valence electrons. The van der Waals surface area contributed by atoms with Crippen LogP contribution in [0.1, 0.15) is 36.2 Å². The van der Waals surface area contributed by atoms with E-state index in [4.69, 9.17) is 16.3 Å². The summed E-state index contributed by atoms with van der Waals surface area (Å²) in [5.41, 5.74) is 2.64. The molecule has 0 fully saturated rings. The number of carbonyl (C=O) groups is 2. The Labute approximate surface area is 126 Å². The van der Waals surface area contributed by atoms with Crippen LogP contribution in [0.5, 0.6) is 0 Å². The molecule has 2 unspecified atom stereocenters. The first-order valence-corrected chi connectivity index (χ1v) is 7.00. The Balaban J connectivity index is 1.71. The summed E-state index contributed by atoms with van der Waals surface area (Å²) in [6, 6.07) is 7.79. The number of amides is 1. The third kappa shape index (κ3) is 2.43. The summed E-state index contributed by atoms with van der Waals surface area (Å²) < 4.78 is 10.3. The van der Waals surface area contributed by atoms with E-state index in [1.807, 2.05) is 24.3 Å². The summed E-state index contributed by atoms with van der Waals surface area (Å²) >= 11 is 6.28. The number of benzene rings is 1. The molecule has 0 aromatic heterocycles. The van der Waals surface area contributed by atoms with Gasteiger partial charge in [0.05, 0.1) is 24.3 Å². The predicted octanol–water partition coefficient (Wildman–Crippen LogP) is 2.33. The highest BCUT2D eigenvalue weighted by atomic mass is 35.5. The van der Waals surface area contributed by atoms with Crippen molar-refractivity contribution >= 4 is 23.5 Å². The van der Waals surface area contributed by atoms with Crippen LogP contribution >= 0.6 is 11.6 Å². The normalized spacial score (nSPS) is 22.2. The Morgan fingerprint density at radius 1 is 1.24 bits per heavy atom. The van der Waals surface area contributed by atoms with E-state index < -0.39 is 5.97 Å². The van der Waals surface area contributed by atoms with Crippen molar-refractivity contribution in [3.05, 3.63) is 46.1 Å². The third-order valence-corrected chi connectivity index (χ3v) is 4.04. The van der Waals surface area contributed by atoms with Crippen molar-refractivity contribution in [2.45, 2.75) is 25.0 Å². The molecule has 6 heteroatoms. The zero-order valence-corrected chi connectivity index (χ0v) is 12.1. The standard InChI is InChI=1S/C15H14ClNO4/c1-20-11(19)7-6-10(18)17-13-12(16)14-8-4-2-3-5-9(8)15(13)21-14/h2-5,14-15H,6-7H2,1H3,(H,17,18). The van der Waals surface area contributed by atoms with Crippen LogP contribution in [0, 0.1) is 0 Å². The van der Waals surface area contributed by atoms with Gasteiger partial charge in [-0.2, -0.15) is 0 Å². The highest BCUT2D eigenvalue weighted by molar-refractivity contribution is 6.31. The minimum atomic E-state index is -0.417. The summed E-state index contributed by atoms with van der Waals surface area (Å²) in [6.45, 7) is 0. The first kappa shape index (κ1) is 14.1. The van der Waals surface area contributed by atoms with Crippen LogP contribution in [-0.4, -0.2) is 19.0 Å². The third-order valence-electron chi connectivity index (χ3n) is 3.64. The lowest BCUT2D eigenvalue weighted by molar-refractivity contribution is -0.142. The Morgan fingerprint density at radius 3 is 2.57 bits per heavy atom. The smallest absolute Gasteiger partial charge is 0.306 e. The number of fused-ring (bicyclic) bond motifs is 5. The number of hydrogen-bond donors (Lipinski definition) is 1. The molecule has 2 bridgehead atoms. The van der Waals surface area contributed by atoms with E-state index in [0.29, 0.717) is 10.7 Å². The van der Waals surface area contributed by atoms with Crippen LogP contribution in [0.2, 0.25) is 0 Å². The second-order valence-electron chi connectivity index (χ2n) is 4.91. The molecule has 0 saturated heterocycles. The fourth-order valence-electron chi connectivity index (χ4n) is 2.61. The minimum absolute atomic E-state index is 0.0404. The maximum atomic E-state index is 11.9. The molecule has 0 spiro atoms. The van der Waals surface area contributed by atoms with E-state index in [0.717, 1.165) is 11.1 Å². The first-order chi connectivity index (χ1) is 10.1. The Morgan fingerprint density at radius 2 is 1.90 bits per heavy atom. The molecule has 1 amide bonds. The molecule has 2 heterocycles. The number of halogens is 1. The van der Waals surface area contributed by atoms with E-state index in [2.05, 4.69) is 10.1 Å². The second kappa shape index (κ2) is 5.50. The number of carbonyl (C=O) groups excluding carboxylic acids is 2. The molecule has 2 atom stereocenters. The van der Waals surface area contributed by atoms with Crippen LogP contribution in [0.25, 0.3) is 0 Å². The molecule has 1 N–H and O–H groups in total. The van der Waals surface area contributed by atoms with E-state index >= 15 is 0 Å². The summed E-state index contributed by atoms with van der Waals surface area (Å²) in [5.74, 6) is -0.693. The van der Waals surface area contributed by atoms with Crippen molar-refractivity contribution in [2.75, 3.05) is 7.11 Å². The summed E-state index contributed by atoms with van der Waals surface area (Å²) in [6.07, 6.45) is -0.539. The molecule has 2 aliphatic rings. The van der Waals surface area contributed by atoms with Gasteiger partial charge in [0.1, 0.15) is 12.2 Å². The summed E-state index contributed by atoms with van der Waals surface area (Å²) in [5, 5.41) is 3.26. The highest BCUT2D eigenvalue weighted by Gasteiger charge is 2.44.